The van der Waals surface area contributed by atoms with Crippen LogP contribution in [-0.4, -0.2) is 60.1 Å². The summed E-state index contributed by atoms with van der Waals surface area (Å²) in [5.41, 5.74) is -1.18. The van der Waals surface area contributed by atoms with E-state index in [1.165, 1.54) is 13.8 Å². The third-order valence-electron chi connectivity index (χ3n) is 6.39. The Labute approximate surface area is 196 Å². The Hall–Kier alpha value is -2.53. The molecule has 2 N–H and O–H groups in total. The van der Waals surface area contributed by atoms with Gasteiger partial charge in [-0.3, -0.25) is 0 Å². The molecule has 0 bridgehead atoms. The molecule has 1 aromatic heterocycles. The van der Waals surface area contributed by atoms with Crippen LogP contribution in [0.2, 0.25) is 0 Å². The number of rotatable bonds is 3. The van der Waals surface area contributed by atoms with Gasteiger partial charge in [0.15, 0.2) is 15.8 Å². The van der Waals surface area contributed by atoms with Crippen molar-refractivity contribution in [2.75, 3.05) is 19.3 Å². The molecule has 11 heteroatoms. The number of hydrogen-bond acceptors (Lipinski definition) is 6. The Morgan fingerprint density at radius 2 is 1.85 bits per heavy atom. The van der Waals surface area contributed by atoms with Gasteiger partial charge in [0.2, 0.25) is 0 Å². The van der Waals surface area contributed by atoms with Gasteiger partial charge in [-0.05, 0) is 38.0 Å². The molecular weight excluding hydrogens is 469 g/mol. The molecule has 186 valence electrons. The van der Waals surface area contributed by atoms with Crippen molar-refractivity contribution in [2.24, 2.45) is 10.9 Å². The maximum absolute atomic E-state index is 13.9. The van der Waals surface area contributed by atoms with E-state index in [-0.39, 0.29) is 34.9 Å². The van der Waals surface area contributed by atoms with Gasteiger partial charge in [0.25, 0.3) is 0 Å². The SMILES string of the molecule is CC(C)[C@@H]1c2cc3ccc(S(C)(=O)=O)cc3n2CCN1C1=NCC(C(C)(C)O)=C(C(F)(F)F)N1. The van der Waals surface area contributed by atoms with Crippen LogP contribution >= 0.6 is 0 Å². The van der Waals surface area contributed by atoms with Crippen molar-refractivity contribution in [1.29, 1.82) is 0 Å². The zero-order valence-electron chi connectivity index (χ0n) is 19.7. The lowest BCUT2D eigenvalue weighted by atomic mass is 9.94. The molecule has 1 atom stereocenters. The molecule has 2 aliphatic rings. The van der Waals surface area contributed by atoms with E-state index >= 15 is 0 Å². The second kappa shape index (κ2) is 8.01. The molecule has 2 aliphatic heterocycles. The average molecular weight is 499 g/mol. The van der Waals surface area contributed by atoms with Crippen molar-refractivity contribution in [3.63, 3.8) is 0 Å². The highest BCUT2D eigenvalue weighted by atomic mass is 32.2. The Kier molecular flexibility index (Phi) is 5.79. The van der Waals surface area contributed by atoms with Crippen molar-refractivity contribution in [1.82, 2.24) is 14.8 Å². The minimum absolute atomic E-state index is 0.0243. The number of alkyl halides is 3. The maximum atomic E-state index is 13.9. The third-order valence-corrected chi connectivity index (χ3v) is 7.50. The van der Waals surface area contributed by atoms with Gasteiger partial charge in [-0.25, -0.2) is 13.4 Å². The number of fused-ring (bicyclic) bond motifs is 3. The number of benzene rings is 1. The first-order valence-corrected chi connectivity index (χ1v) is 12.9. The van der Waals surface area contributed by atoms with Crippen LogP contribution in [0.5, 0.6) is 0 Å². The second-order valence-corrected chi connectivity index (χ2v) is 11.8. The number of nitrogens with zero attached hydrogens (tertiary/aromatic N) is 3. The van der Waals surface area contributed by atoms with Gasteiger partial charge < -0.3 is 19.9 Å². The number of aromatic nitrogens is 1. The summed E-state index contributed by atoms with van der Waals surface area (Å²) in [6.45, 7) is 7.19. The predicted molar refractivity (Wildman–Crippen MR) is 124 cm³/mol. The molecule has 1 aromatic carbocycles. The van der Waals surface area contributed by atoms with Crippen molar-refractivity contribution < 1.29 is 26.7 Å². The fourth-order valence-electron chi connectivity index (χ4n) is 4.79. The van der Waals surface area contributed by atoms with Gasteiger partial charge >= 0.3 is 6.18 Å². The van der Waals surface area contributed by atoms with Gasteiger partial charge in [0, 0.05) is 41.5 Å². The van der Waals surface area contributed by atoms with Crippen LogP contribution < -0.4 is 5.32 Å². The number of guanidine groups is 1. The normalized spacial score (nSPS) is 20.0. The van der Waals surface area contributed by atoms with E-state index in [2.05, 4.69) is 10.3 Å². The van der Waals surface area contributed by atoms with E-state index in [9.17, 15) is 26.7 Å². The Bertz CT molecular complexity index is 1300. The summed E-state index contributed by atoms with van der Waals surface area (Å²) in [4.78, 5) is 6.46. The van der Waals surface area contributed by atoms with E-state index in [1.807, 2.05) is 29.4 Å². The van der Waals surface area contributed by atoms with Crippen molar-refractivity contribution in [3.8, 4) is 0 Å². The molecular formula is C23H29F3N4O3S. The highest BCUT2D eigenvalue weighted by Gasteiger charge is 2.44. The lowest BCUT2D eigenvalue weighted by Crippen LogP contribution is -2.53. The summed E-state index contributed by atoms with van der Waals surface area (Å²) in [6, 6.07) is 6.65. The van der Waals surface area contributed by atoms with Crippen molar-refractivity contribution in [2.45, 2.75) is 57.0 Å². The molecule has 7 nitrogen and oxygen atoms in total. The van der Waals surface area contributed by atoms with E-state index in [4.69, 9.17) is 0 Å². The van der Waals surface area contributed by atoms with Gasteiger partial charge in [-0.2, -0.15) is 13.2 Å². The van der Waals surface area contributed by atoms with Crippen LogP contribution in [0.15, 0.2) is 45.4 Å². The molecule has 4 rings (SSSR count). The molecule has 0 aliphatic carbocycles. The fourth-order valence-corrected chi connectivity index (χ4v) is 5.43. The first-order chi connectivity index (χ1) is 15.6. The summed E-state index contributed by atoms with van der Waals surface area (Å²) < 4.78 is 67.8. The molecule has 0 spiro atoms. The lowest BCUT2D eigenvalue weighted by Gasteiger charge is -2.43. The van der Waals surface area contributed by atoms with Crippen LogP contribution in [0.25, 0.3) is 10.9 Å². The minimum Gasteiger partial charge on any atom is -0.386 e. The van der Waals surface area contributed by atoms with Gasteiger partial charge in [0.05, 0.1) is 23.1 Å². The Morgan fingerprint density at radius 1 is 1.18 bits per heavy atom. The quantitative estimate of drug-likeness (QED) is 0.675. The number of nitrogens with one attached hydrogen (secondary N) is 1. The van der Waals surface area contributed by atoms with Crippen molar-refractivity contribution in [3.05, 3.63) is 41.2 Å². The van der Waals surface area contributed by atoms with Gasteiger partial charge in [-0.15, -0.1) is 0 Å². The molecule has 0 amide bonds. The van der Waals surface area contributed by atoms with E-state index < -0.39 is 27.3 Å². The van der Waals surface area contributed by atoms with E-state index in [1.54, 1.807) is 18.2 Å². The van der Waals surface area contributed by atoms with Crippen molar-refractivity contribution >= 4 is 26.7 Å². The average Bonchev–Trinajstić information content (AvgIpc) is 3.08. The second-order valence-electron chi connectivity index (χ2n) is 9.77. The number of aliphatic imine (C=N–C) groups is 1. The monoisotopic (exact) mass is 498 g/mol. The van der Waals surface area contributed by atoms with E-state index in [0.29, 0.717) is 13.1 Å². The van der Waals surface area contributed by atoms with Crippen LogP contribution in [0, 0.1) is 5.92 Å². The Balaban J connectivity index is 1.76. The summed E-state index contributed by atoms with van der Waals surface area (Å²) >= 11 is 0. The lowest BCUT2D eigenvalue weighted by molar-refractivity contribution is -0.0985. The molecule has 0 radical (unpaired) electrons. The van der Waals surface area contributed by atoms with Gasteiger partial charge in [-0.1, -0.05) is 19.9 Å². The molecule has 3 heterocycles. The van der Waals surface area contributed by atoms with Crippen LogP contribution in [0.4, 0.5) is 13.2 Å². The number of aliphatic hydroxyl groups is 1. The van der Waals surface area contributed by atoms with Crippen LogP contribution in [0.3, 0.4) is 0 Å². The molecule has 0 saturated carbocycles. The largest absolute Gasteiger partial charge is 0.431 e. The third kappa shape index (κ3) is 4.31. The summed E-state index contributed by atoms with van der Waals surface area (Å²) in [7, 11) is -3.38. The molecule has 34 heavy (non-hydrogen) atoms. The molecule has 2 aromatic rings. The molecule has 0 unspecified atom stereocenters. The Morgan fingerprint density at radius 3 is 2.41 bits per heavy atom. The standard InChI is InChI=1S/C23H29F3N4O3S/c1-13(2)19-18-10-14-6-7-15(34(5,32)33)11-17(14)29(18)8-9-30(19)21-27-12-16(22(3,4)31)20(28-21)23(24,25)26/h6-7,10-11,13,19,31H,8-9,12H2,1-5H3,(H,27,28)/t19-/m1/s1. The first kappa shape index (κ1) is 24.6. The summed E-state index contributed by atoms with van der Waals surface area (Å²) in [5, 5.41) is 13.6. The number of sulfone groups is 1. The highest BCUT2D eigenvalue weighted by Crippen LogP contribution is 2.39. The minimum atomic E-state index is -4.67. The molecule has 0 fully saturated rings. The number of halogens is 3. The smallest absolute Gasteiger partial charge is 0.386 e. The maximum Gasteiger partial charge on any atom is 0.431 e. The summed E-state index contributed by atoms with van der Waals surface area (Å²) in [6.07, 6.45) is -3.51. The van der Waals surface area contributed by atoms with Gasteiger partial charge in [0.1, 0.15) is 5.70 Å². The zero-order chi connectivity index (χ0) is 25.2. The first-order valence-electron chi connectivity index (χ1n) is 11.0. The molecule has 0 saturated heterocycles. The highest BCUT2D eigenvalue weighted by molar-refractivity contribution is 7.90. The predicted octanol–water partition coefficient (Wildman–Crippen LogP) is 3.60. The van der Waals surface area contributed by atoms with E-state index in [0.717, 1.165) is 22.9 Å². The number of allylic oxidation sites excluding steroid dienone is 1. The number of hydrogen-bond donors (Lipinski definition) is 2. The zero-order valence-corrected chi connectivity index (χ0v) is 20.5. The van der Waals surface area contributed by atoms with Crippen LogP contribution in [0.1, 0.15) is 39.4 Å². The van der Waals surface area contributed by atoms with Crippen LogP contribution in [-0.2, 0) is 16.4 Å². The topological polar surface area (TPSA) is 86.9 Å². The summed E-state index contributed by atoms with van der Waals surface area (Å²) in [5.74, 6) is 0.142. The fraction of sp³-hybridized carbons (Fsp3) is 0.522.